The summed E-state index contributed by atoms with van der Waals surface area (Å²) in [7, 11) is 2.02. The molecule has 0 radical (unpaired) electrons. The highest BCUT2D eigenvalue weighted by molar-refractivity contribution is 6.32. The second-order valence-electron chi connectivity index (χ2n) is 9.05. The van der Waals surface area contributed by atoms with Crippen molar-refractivity contribution >= 4 is 23.4 Å². The second kappa shape index (κ2) is 12.7. The molecule has 0 spiro atoms. The number of pyridine rings is 1. The Balaban J connectivity index is 1.49. The summed E-state index contributed by atoms with van der Waals surface area (Å²) < 4.78 is 11.8. The highest BCUT2D eigenvalue weighted by Gasteiger charge is 2.29. The number of nitrogens with one attached hydrogen (secondary N) is 1. The van der Waals surface area contributed by atoms with Crippen LogP contribution in [0.4, 0.5) is 0 Å². The number of benzene rings is 2. The molecule has 2 aromatic carbocycles. The van der Waals surface area contributed by atoms with E-state index in [9.17, 15) is 9.59 Å². The van der Waals surface area contributed by atoms with Gasteiger partial charge < -0.3 is 24.6 Å². The maximum atomic E-state index is 13.4. The summed E-state index contributed by atoms with van der Waals surface area (Å²) in [5, 5.41) is 3.27. The van der Waals surface area contributed by atoms with E-state index in [1.54, 1.807) is 29.2 Å². The number of aryl methyl sites for hydroxylation is 1. The summed E-state index contributed by atoms with van der Waals surface area (Å²) in [5.74, 6) is -0.178. The fourth-order valence-electron chi connectivity index (χ4n) is 3.96. The van der Waals surface area contributed by atoms with E-state index in [0.717, 1.165) is 24.2 Å². The van der Waals surface area contributed by atoms with E-state index in [-0.39, 0.29) is 24.0 Å². The molecule has 1 saturated heterocycles. The van der Waals surface area contributed by atoms with E-state index in [4.69, 9.17) is 21.1 Å². The predicted octanol–water partition coefficient (Wildman–Crippen LogP) is 3.92. The lowest BCUT2D eigenvalue weighted by atomic mass is 10.2. The Morgan fingerprint density at radius 1 is 1.05 bits per heavy atom. The second-order valence-corrected chi connectivity index (χ2v) is 9.45. The molecular weight excluding hydrogens is 492 g/mol. The van der Waals surface area contributed by atoms with Crippen molar-refractivity contribution in [2.24, 2.45) is 0 Å². The van der Waals surface area contributed by atoms with Crippen molar-refractivity contribution in [1.29, 1.82) is 0 Å². The largest absolute Gasteiger partial charge is 0.437 e. The molecule has 0 bridgehead atoms. The molecule has 1 N–H and O–H groups in total. The standard InChI is InChI=1S/C28H31ClN4O4/c1-20-10-11-25(23(29)17-20)37-27-22(9-6-12-30-27)26(34)31-24(19-36-18-21-7-4-3-5-8-21)28(35)33-15-13-32(2)14-16-33/h3-12,17,24H,13-16,18-19H2,1-2H3,(H,31,34). The van der Waals surface area contributed by atoms with Crippen LogP contribution < -0.4 is 10.1 Å². The Morgan fingerprint density at radius 3 is 2.54 bits per heavy atom. The number of carbonyl (C=O) groups is 2. The van der Waals surface area contributed by atoms with Gasteiger partial charge in [0.25, 0.3) is 5.91 Å². The molecule has 1 atom stereocenters. The number of amides is 2. The summed E-state index contributed by atoms with van der Waals surface area (Å²) in [5.41, 5.74) is 2.16. The van der Waals surface area contributed by atoms with Gasteiger partial charge in [-0.1, -0.05) is 48.0 Å². The van der Waals surface area contributed by atoms with Crippen LogP contribution in [-0.4, -0.2) is 72.5 Å². The summed E-state index contributed by atoms with van der Waals surface area (Å²) in [6.07, 6.45) is 1.53. The summed E-state index contributed by atoms with van der Waals surface area (Å²) in [4.78, 5) is 35.0. The van der Waals surface area contributed by atoms with Crippen molar-refractivity contribution in [3.8, 4) is 11.6 Å². The van der Waals surface area contributed by atoms with E-state index in [1.807, 2.05) is 50.4 Å². The molecule has 0 saturated carbocycles. The molecule has 4 rings (SSSR count). The zero-order valence-corrected chi connectivity index (χ0v) is 21.8. The van der Waals surface area contributed by atoms with E-state index in [2.05, 4.69) is 15.2 Å². The van der Waals surface area contributed by atoms with Crippen LogP contribution in [0.2, 0.25) is 5.02 Å². The zero-order valence-electron chi connectivity index (χ0n) is 21.0. The number of likely N-dealkylation sites (N-methyl/N-ethyl adjacent to an activating group) is 1. The third kappa shape index (κ3) is 7.29. The van der Waals surface area contributed by atoms with E-state index >= 15 is 0 Å². The van der Waals surface area contributed by atoms with Gasteiger partial charge in [-0.15, -0.1) is 0 Å². The molecule has 1 aliphatic heterocycles. The van der Waals surface area contributed by atoms with Crippen LogP contribution in [0.1, 0.15) is 21.5 Å². The maximum absolute atomic E-state index is 13.4. The third-order valence-electron chi connectivity index (χ3n) is 6.12. The number of piperazine rings is 1. The minimum Gasteiger partial charge on any atom is -0.437 e. The molecule has 8 nitrogen and oxygen atoms in total. The van der Waals surface area contributed by atoms with Gasteiger partial charge in [-0.25, -0.2) is 4.98 Å². The summed E-state index contributed by atoms with van der Waals surface area (Å²) >= 11 is 6.32. The van der Waals surface area contributed by atoms with Gasteiger partial charge in [-0.3, -0.25) is 9.59 Å². The summed E-state index contributed by atoms with van der Waals surface area (Å²) in [6.45, 7) is 5.01. The molecule has 2 amide bonds. The fourth-order valence-corrected chi connectivity index (χ4v) is 4.24. The number of hydrogen-bond donors (Lipinski definition) is 1. The molecule has 37 heavy (non-hydrogen) atoms. The highest BCUT2D eigenvalue weighted by Crippen LogP contribution is 2.30. The van der Waals surface area contributed by atoms with Gasteiger partial charge in [0.15, 0.2) is 0 Å². The van der Waals surface area contributed by atoms with Gasteiger partial charge in [-0.05, 0) is 49.4 Å². The lowest BCUT2D eigenvalue weighted by Crippen LogP contribution is -2.55. The van der Waals surface area contributed by atoms with E-state index < -0.39 is 11.9 Å². The van der Waals surface area contributed by atoms with Gasteiger partial charge in [0.2, 0.25) is 11.8 Å². The Kier molecular flexibility index (Phi) is 9.11. The molecule has 9 heteroatoms. The van der Waals surface area contributed by atoms with Gasteiger partial charge in [0.1, 0.15) is 17.4 Å². The van der Waals surface area contributed by atoms with Crippen LogP contribution in [0, 0.1) is 6.92 Å². The first-order chi connectivity index (χ1) is 17.9. The average molecular weight is 523 g/mol. The van der Waals surface area contributed by atoms with E-state index in [1.165, 1.54) is 6.20 Å². The van der Waals surface area contributed by atoms with Crippen molar-refractivity contribution in [2.45, 2.75) is 19.6 Å². The molecule has 1 fully saturated rings. The monoisotopic (exact) mass is 522 g/mol. The Labute approximate surface area is 222 Å². The van der Waals surface area contributed by atoms with Crippen LogP contribution >= 0.6 is 11.6 Å². The molecule has 3 aromatic rings. The number of hydrogen-bond acceptors (Lipinski definition) is 6. The number of nitrogens with zero attached hydrogens (tertiary/aromatic N) is 3. The molecule has 1 unspecified atom stereocenters. The fraction of sp³-hybridized carbons (Fsp3) is 0.321. The minimum absolute atomic E-state index is 0.0338. The van der Waals surface area contributed by atoms with Crippen molar-refractivity contribution in [1.82, 2.24) is 20.1 Å². The maximum Gasteiger partial charge on any atom is 0.257 e. The van der Waals surface area contributed by atoms with Crippen LogP contribution in [-0.2, 0) is 16.1 Å². The van der Waals surface area contributed by atoms with Crippen LogP contribution in [0.25, 0.3) is 0 Å². The average Bonchev–Trinajstić information content (AvgIpc) is 2.90. The molecule has 194 valence electrons. The first-order valence-electron chi connectivity index (χ1n) is 12.2. The highest BCUT2D eigenvalue weighted by atomic mass is 35.5. The first-order valence-corrected chi connectivity index (χ1v) is 12.6. The number of carbonyl (C=O) groups excluding carboxylic acids is 2. The molecule has 1 aromatic heterocycles. The van der Waals surface area contributed by atoms with Crippen LogP contribution in [0.5, 0.6) is 11.6 Å². The number of rotatable bonds is 9. The molecular formula is C28H31ClN4O4. The number of aromatic nitrogens is 1. The quantitative estimate of drug-likeness (QED) is 0.458. The zero-order chi connectivity index (χ0) is 26.2. The van der Waals surface area contributed by atoms with E-state index in [0.29, 0.717) is 30.5 Å². The third-order valence-corrected chi connectivity index (χ3v) is 6.42. The minimum atomic E-state index is -0.865. The van der Waals surface area contributed by atoms with Gasteiger partial charge in [-0.2, -0.15) is 0 Å². The smallest absolute Gasteiger partial charge is 0.257 e. The van der Waals surface area contributed by atoms with Crippen molar-refractivity contribution in [3.63, 3.8) is 0 Å². The van der Waals surface area contributed by atoms with Crippen LogP contribution in [0.3, 0.4) is 0 Å². The molecule has 0 aliphatic carbocycles. The first kappa shape index (κ1) is 26.6. The van der Waals surface area contributed by atoms with Crippen molar-refractivity contribution in [2.75, 3.05) is 39.8 Å². The predicted molar refractivity (Wildman–Crippen MR) is 142 cm³/mol. The number of ether oxygens (including phenoxy) is 2. The Bertz CT molecular complexity index is 1220. The van der Waals surface area contributed by atoms with Gasteiger partial charge in [0, 0.05) is 32.4 Å². The SMILES string of the molecule is Cc1ccc(Oc2ncccc2C(=O)NC(COCc2ccccc2)C(=O)N2CCN(C)CC2)c(Cl)c1. The number of halogens is 1. The van der Waals surface area contributed by atoms with Crippen LogP contribution in [0.15, 0.2) is 66.9 Å². The normalized spacial score (nSPS) is 14.7. The van der Waals surface area contributed by atoms with Crippen molar-refractivity contribution < 1.29 is 19.1 Å². The lowest BCUT2D eigenvalue weighted by molar-refractivity contribution is -0.136. The van der Waals surface area contributed by atoms with Gasteiger partial charge in [0.05, 0.1) is 18.2 Å². The Hall–Kier alpha value is -3.46. The van der Waals surface area contributed by atoms with Crippen molar-refractivity contribution in [3.05, 3.63) is 88.6 Å². The molecule has 1 aliphatic rings. The topological polar surface area (TPSA) is 84.0 Å². The molecule has 2 heterocycles. The lowest BCUT2D eigenvalue weighted by Gasteiger charge is -2.34. The van der Waals surface area contributed by atoms with Gasteiger partial charge >= 0.3 is 0 Å². The Morgan fingerprint density at radius 2 is 1.81 bits per heavy atom. The summed E-state index contributed by atoms with van der Waals surface area (Å²) in [6, 6.07) is 17.4.